The van der Waals surface area contributed by atoms with Gasteiger partial charge < -0.3 is 10.6 Å². The molecule has 0 radical (unpaired) electrons. The number of sulfonamides is 1. The van der Waals surface area contributed by atoms with Gasteiger partial charge in [-0.1, -0.05) is 0 Å². The fourth-order valence-electron chi connectivity index (χ4n) is 2.24. The van der Waals surface area contributed by atoms with Crippen molar-refractivity contribution in [2.45, 2.75) is 10.9 Å². The van der Waals surface area contributed by atoms with Crippen molar-refractivity contribution in [1.82, 2.24) is 14.2 Å². The van der Waals surface area contributed by atoms with E-state index in [0.717, 1.165) is 0 Å². The van der Waals surface area contributed by atoms with Crippen LogP contribution in [0.1, 0.15) is 5.69 Å². The predicted molar refractivity (Wildman–Crippen MR) is 73.2 cm³/mol. The van der Waals surface area contributed by atoms with Crippen LogP contribution >= 0.6 is 0 Å². The highest BCUT2D eigenvalue weighted by molar-refractivity contribution is 7.89. The number of hydrogen-bond acceptors (Lipinski definition) is 6. The van der Waals surface area contributed by atoms with Crippen molar-refractivity contribution in [1.29, 1.82) is 5.26 Å². The minimum atomic E-state index is -3.62. The maximum Gasteiger partial charge on any atom is 0.244 e. The first-order valence-electron chi connectivity index (χ1n) is 6.25. The minimum Gasteiger partial charge on any atom is -0.329 e. The molecule has 2 heterocycles. The average Bonchev–Trinajstić information content (AvgIpc) is 2.46. The number of nitriles is 1. The molecule has 0 aromatic carbocycles. The Labute approximate surface area is 118 Å². The molecule has 0 aliphatic carbocycles. The Bertz CT molecular complexity index is 608. The van der Waals surface area contributed by atoms with Crippen LogP contribution < -0.4 is 5.73 Å². The lowest BCUT2D eigenvalue weighted by molar-refractivity contribution is 0.164. The molecule has 1 aromatic heterocycles. The van der Waals surface area contributed by atoms with Gasteiger partial charge in [0.15, 0.2) is 0 Å². The Morgan fingerprint density at radius 1 is 1.50 bits per heavy atom. The summed E-state index contributed by atoms with van der Waals surface area (Å²) < 4.78 is 26.6. The van der Waals surface area contributed by atoms with E-state index in [1.165, 1.54) is 22.6 Å². The second-order valence-corrected chi connectivity index (χ2v) is 6.65. The fourth-order valence-corrected chi connectivity index (χ4v) is 3.80. The average molecular weight is 295 g/mol. The molecule has 0 spiro atoms. The van der Waals surface area contributed by atoms with E-state index in [2.05, 4.69) is 9.88 Å². The molecule has 0 bridgehead atoms. The zero-order valence-corrected chi connectivity index (χ0v) is 12.0. The third-order valence-corrected chi connectivity index (χ3v) is 5.30. The molecule has 8 heteroatoms. The summed E-state index contributed by atoms with van der Waals surface area (Å²) in [5.74, 6) is 0. The van der Waals surface area contributed by atoms with Crippen LogP contribution in [0, 0.1) is 11.3 Å². The molecule has 1 aliphatic heterocycles. The highest BCUT2D eigenvalue weighted by Gasteiger charge is 2.34. The highest BCUT2D eigenvalue weighted by Crippen LogP contribution is 2.20. The number of nitrogens with zero attached hydrogens (tertiary/aromatic N) is 4. The zero-order valence-electron chi connectivity index (χ0n) is 11.2. The fraction of sp³-hybridized carbons (Fsp3) is 0.500. The molecule has 1 unspecified atom stereocenters. The standard InChI is InChI=1S/C12H17N5O2S/c1-16-4-5-17(11(7-14)9-16)20(18,19)12-3-2-10(6-13)15-8-12/h2-3,8,11H,4-5,7,9,14H2,1H3. The van der Waals surface area contributed by atoms with Gasteiger partial charge in [0.1, 0.15) is 16.7 Å². The summed E-state index contributed by atoms with van der Waals surface area (Å²) in [6.45, 7) is 1.95. The molecule has 2 rings (SSSR count). The molecule has 7 nitrogen and oxygen atoms in total. The summed E-state index contributed by atoms with van der Waals surface area (Å²) in [6.07, 6.45) is 1.22. The number of hydrogen-bond donors (Lipinski definition) is 1. The Morgan fingerprint density at radius 3 is 2.80 bits per heavy atom. The minimum absolute atomic E-state index is 0.0968. The van der Waals surface area contributed by atoms with E-state index < -0.39 is 10.0 Å². The van der Waals surface area contributed by atoms with E-state index in [4.69, 9.17) is 11.0 Å². The van der Waals surface area contributed by atoms with Crippen LogP contribution in [0.25, 0.3) is 0 Å². The monoisotopic (exact) mass is 295 g/mol. The highest BCUT2D eigenvalue weighted by atomic mass is 32.2. The molecule has 1 aliphatic rings. The van der Waals surface area contributed by atoms with Crippen LogP contribution in [0.2, 0.25) is 0 Å². The molecule has 108 valence electrons. The Hall–Kier alpha value is -1.53. The molecule has 0 amide bonds. The van der Waals surface area contributed by atoms with Gasteiger partial charge in [-0.2, -0.15) is 9.57 Å². The molecule has 20 heavy (non-hydrogen) atoms. The van der Waals surface area contributed by atoms with E-state index >= 15 is 0 Å². The lowest BCUT2D eigenvalue weighted by atomic mass is 10.2. The zero-order chi connectivity index (χ0) is 14.8. The summed E-state index contributed by atoms with van der Waals surface area (Å²) in [7, 11) is -1.68. The summed E-state index contributed by atoms with van der Waals surface area (Å²) >= 11 is 0. The van der Waals surface area contributed by atoms with Crippen LogP contribution in [-0.2, 0) is 10.0 Å². The number of nitrogens with two attached hydrogens (primary N) is 1. The van der Waals surface area contributed by atoms with Gasteiger partial charge in [-0.25, -0.2) is 13.4 Å². The third-order valence-electron chi connectivity index (χ3n) is 3.36. The van der Waals surface area contributed by atoms with Gasteiger partial charge in [-0.05, 0) is 19.2 Å². The van der Waals surface area contributed by atoms with Gasteiger partial charge in [0.2, 0.25) is 10.0 Å². The largest absolute Gasteiger partial charge is 0.329 e. The van der Waals surface area contributed by atoms with Gasteiger partial charge in [-0.3, -0.25) is 0 Å². The number of pyridine rings is 1. The van der Waals surface area contributed by atoms with Crippen LogP contribution in [-0.4, -0.2) is 61.9 Å². The number of likely N-dealkylation sites (N-methyl/N-ethyl adjacent to an activating group) is 1. The van der Waals surface area contributed by atoms with Gasteiger partial charge in [0.25, 0.3) is 0 Å². The first kappa shape index (κ1) is 14.9. The topological polar surface area (TPSA) is 103 Å². The normalized spacial score (nSPS) is 21.6. The Morgan fingerprint density at radius 2 is 2.25 bits per heavy atom. The van der Waals surface area contributed by atoms with Crippen LogP contribution in [0.5, 0.6) is 0 Å². The maximum absolute atomic E-state index is 12.6. The van der Waals surface area contributed by atoms with E-state index in [9.17, 15) is 8.42 Å². The van der Waals surface area contributed by atoms with Gasteiger partial charge in [0, 0.05) is 32.4 Å². The van der Waals surface area contributed by atoms with Gasteiger partial charge in [0.05, 0.1) is 6.04 Å². The smallest absolute Gasteiger partial charge is 0.244 e. The SMILES string of the molecule is CN1CCN(S(=O)(=O)c2ccc(C#N)nc2)C(CN)C1. The van der Waals surface area contributed by atoms with Crippen molar-refractivity contribution < 1.29 is 8.42 Å². The van der Waals surface area contributed by atoms with Gasteiger partial charge >= 0.3 is 0 Å². The molecule has 1 aromatic rings. The molecule has 2 N–H and O–H groups in total. The second-order valence-electron chi connectivity index (χ2n) is 4.76. The first-order chi connectivity index (χ1) is 9.48. The summed E-state index contributed by atoms with van der Waals surface area (Å²) in [5.41, 5.74) is 5.88. The van der Waals surface area contributed by atoms with Crippen molar-refractivity contribution in [3.8, 4) is 6.07 Å². The first-order valence-corrected chi connectivity index (χ1v) is 7.69. The Balaban J connectivity index is 2.31. The van der Waals surface area contributed by atoms with E-state index in [1.807, 2.05) is 13.1 Å². The van der Waals surface area contributed by atoms with Crippen LogP contribution in [0.3, 0.4) is 0 Å². The summed E-state index contributed by atoms with van der Waals surface area (Å²) in [5, 5.41) is 8.69. The second kappa shape index (κ2) is 5.85. The van der Waals surface area contributed by atoms with E-state index in [-0.39, 0.29) is 23.2 Å². The van der Waals surface area contributed by atoms with Crippen molar-refractivity contribution >= 4 is 10.0 Å². The molecule has 1 atom stereocenters. The third kappa shape index (κ3) is 2.81. The van der Waals surface area contributed by atoms with Gasteiger partial charge in [-0.15, -0.1) is 0 Å². The van der Waals surface area contributed by atoms with E-state index in [0.29, 0.717) is 19.6 Å². The lowest BCUT2D eigenvalue weighted by Crippen LogP contribution is -2.56. The summed E-state index contributed by atoms with van der Waals surface area (Å²) in [6, 6.07) is 4.44. The summed E-state index contributed by atoms with van der Waals surface area (Å²) in [4.78, 5) is 5.97. The number of piperazine rings is 1. The number of aromatic nitrogens is 1. The van der Waals surface area contributed by atoms with E-state index in [1.54, 1.807) is 0 Å². The molecule has 0 saturated carbocycles. The van der Waals surface area contributed by atoms with Crippen molar-refractivity contribution in [2.75, 3.05) is 33.2 Å². The van der Waals surface area contributed by atoms with Crippen molar-refractivity contribution in [3.63, 3.8) is 0 Å². The molecule has 1 fully saturated rings. The van der Waals surface area contributed by atoms with Crippen molar-refractivity contribution in [2.24, 2.45) is 5.73 Å². The predicted octanol–water partition coefficient (Wildman–Crippen LogP) is -0.783. The molecular formula is C12H17N5O2S. The van der Waals surface area contributed by atoms with Crippen LogP contribution in [0.15, 0.2) is 23.2 Å². The molecule has 1 saturated heterocycles. The quantitative estimate of drug-likeness (QED) is 0.784. The number of rotatable bonds is 3. The Kier molecular flexibility index (Phi) is 4.35. The maximum atomic E-state index is 12.6. The van der Waals surface area contributed by atoms with Crippen molar-refractivity contribution in [3.05, 3.63) is 24.0 Å². The molecular weight excluding hydrogens is 278 g/mol. The lowest BCUT2D eigenvalue weighted by Gasteiger charge is -2.38. The van der Waals surface area contributed by atoms with Crippen LogP contribution in [0.4, 0.5) is 0 Å².